The van der Waals surface area contributed by atoms with Crippen LogP contribution in [0.15, 0.2) is 54.6 Å². The summed E-state index contributed by atoms with van der Waals surface area (Å²) < 4.78 is 10.2. The van der Waals surface area contributed by atoms with Crippen LogP contribution < -0.4 is 4.74 Å². The summed E-state index contributed by atoms with van der Waals surface area (Å²) in [6.45, 7) is 4.10. The van der Waals surface area contributed by atoms with Crippen molar-refractivity contribution in [2.75, 3.05) is 6.61 Å². The van der Waals surface area contributed by atoms with E-state index in [2.05, 4.69) is 12.1 Å². The van der Waals surface area contributed by atoms with Gasteiger partial charge in [-0.05, 0) is 36.8 Å². The first-order valence-corrected chi connectivity index (χ1v) is 9.26. The molecule has 4 nitrogen and oxygen atoms in total. The van der Waals surface area contributed by atoms with Gasteiger partial charge in [0, 0.05) is 11.0 Å². The maximum atomic E-state index is 12.0. The fraction of sp³-hybridized carbons (Fsp3) is 0.300. The first kappa shape index (κ1) is 19.1. The first-order valence-electron chi connectivity index (χ1n) is 8.22. The van der Waals surface area contributed by atoms with Gasteiger partial charge in [-0.2, -0.15) is 11.8 Å². The van der Waals surface area contributed by atoms with E-state index in [1.807, 2.05) is 25.1 Å². The van der Waals surface area contributed by atoms with Crippen LogP contribution in [0.2, 0.25) is 0 Å². The highest BCUT2D eigenvalue weighted by Gasteiger charge is 2.13. The molecule has 0 aliphatic rings. The second kappa shape index (κ2) is 9.89. The minimum Gasteiger partial charge on any atom is -0.462 e. The van der Waals surface area contributed by atoms with Crippen LogP contribution in [-0.4, -0.2) is 23.8 Å². The molecule has 0 saturated carbocycles. The van der Waals surface area contributed by atoms with Crippen molar-refractivity contribution in [3.63, 3.8) is 0 Å². The number of carbonyl (C=O) groups excluding carboxylic acids is 2. The maximum Gasteiger partial charge on any atom is 0.338 e. The van der Waals surface area contributed by atoms with Gasteiger partial charge in [0.2, 0.25) is 0 Å². The Morgan fingerprint density at radius 3 is 2.36 bits per heavy atom. The summed E-state index contributed by atoms with van der Waals surface area (Å²) >= 11 is 1.72. The topological polar surface area (TPSA) is 52.6 Å². The van der Waals surface area contributed by atoms with Crippen molar-refractivity contribution in [3.05, 3.63) is 65.7 Å². The molecule has 2 rings (SSSR count). The highest BCUT2D eigenvalue weighted by atomic mass is 32.2. The van der Waals surface area contributed by atoms with Gasteiger partial charge in [-0.1, -0.05) is 37.3 Å². The Morgan fingerprint density at radius 2 is 1.72 bits per heavy atom. The van der Waals surface area contributed by atoms with Gasteiger partial charge < -0.3 is 9.47 Å². The van der Waals surface area contributed by atoms with Crippen molar-refractivity contribution >= 4 is 23.7 Å². The van der Waals surface area contributed by atoms with E-state index in [4.69, 9.17) is 9.47 Å². The largest absolute Gasteiger partial charge is 0.462 e. The lowest BCUT2D eigenvalue weighted by molar-refractivity contribution is -0.134. The highest BCUT2D eigenvalue weighted by Crippen LogP contribution is 2.21. The number of ether oxygens (including phenoxy) is 2. The number of carbonyl (C=O) groups is 2. The van der Waals surface area contributed by atoms with E-state index in [0.29, 0.717) is 24.3 Å². The van der Waals surface area contributed by atoms with Crippen LogP contribution in [0.3, 0.4) is 0 Å². The molecule has 1 atom stereocenters. The van der Waals surface area contributed by atoms with Crippen LogP contribution >= 0.6 is 11.8 Å². The van der Waals surface area contributed by atoms with E-state index >= 15 is 0 Å². The lowest BCUT2D eigenvalue weighted by Gasteiger charge is -2.11. The predicted molar refractivity (Wildman–Crippen MR) is 99.8 cm³/mol. The van der Waals surface area contributed by atoms with Crippen molar-refractivity contribution in [3.8, 4) is 5.75 Å². The second-order valence-electron chi connectivity index (χ2n) is 5.53. The van der Waals surface area contributed by atoms with E-state index in [-0.39, 0.29) is 17.2 Å². The van der Waals surface area contributed by atoms with Gasteiger partial charge in [0.25, 0.3) is 0 Å². The summed E-state index contributed by atoms with van der Waals surface area (Å²) in [5, 5.41) is 0.159. The van der Waals surface area contributed by atoms with Gasteiger partial charge >= 0.3 is 11.9 Å². The quantitative estimate of drug-likeness (QED) is 0.514. The molecule has 0 heterocycles. The van der Waals surface area contributed by atoms with Crippen molar-refractivity contribution in [2.24, 2.45) is 0 Å². The Labute approximate surface area is 152 Å². The third kappa shape index (κ3) is 6.63. The third-order valence-corrected chi connectivity index (χ3v) is 4.66. The van der Waals surface area contributed by atoms with Gasteiger partial charge in [0.15, 0.2) is 0 Å². The summed E-state index contributed by atoms with van der Waals surface area (Å²) in [6.07, 6.45) is 0.330. The molecule has 0 aromatic heterocycles. The molecule has 0 aliphatic heterocycles. The Kier molecular flexibility index (Phi) is 7.54. The summed E-state index contributed by atoms with van der Waals surface area (Å²) in [7, 11) is 0. The minimum absolute atomic E-state index is 0.159. The zero-order valence-electron chi connectivity index (χ0n) is 14.4. The van der Waals surface area contributed by atoms with E-state index < -0.39 is 0 Å². The summed E-state index contributed by atoms with van der Waals surface area (Å²) in [5.41, 5.74) is 1.68. The monoisotopic (exact) mass is 358 g/mol. The number of thioether (sulfide) groups is 1. The van der Waals surface area contributed by atoms with Crippen LogP contribution in [0.4, 0.5) is 0 Å². The van der Waals surface area contributed by atoms with Gasteiger partial charge in [0.1, 0.15) is 5.75 Å². The Morgan fingerprint density at radius 1 is 1.04 bits per heavy atom. The standard InChI is InChI=1S/C20H22O4S/c1-3-23-20(22)17-9-11-18(12-10-17)24-19(21)13-15(2)25-14-16-7-5-4-6-8-16/h4-12,15H,3,13-14H2,1-2H3/t15-/m0/s1. The molecule has 5 heteroatoms. The zero-order chi connectivity index (χ0) is 18.1. The summed E-state index contributed by atoms with van der Waals surface area (Å²) in [5.74, 6) is 0.630. The van der Waals surface area contributed by atoms with E-state index in [1.165, 1.54) is 5.56 Å². The number of esters is 2. The molecule has 0 radical (unpaired) electrons. The van der Waals surface area contributed by atoms with E-state index in [0.717, 1.165) is 5.75 Å². The minimum atomic E-state index is -0.383. The molecular weight excluding hydrogens is 336 g/mol. The smallest absolute Gasteiger partial charge is 0.338 e. The maximum absolute atomic E-state index is 12.0. The molecule has 0 fully saturated rings. The SMILES string of the molecule is CCOC(=O)c1ccc(OC(=O)C[C@H](C)SCc2ccccc2)cc1. The lowest BCUT2D eigenvalue weighted by Crippen LogP contribution is -2.14. The normalized spacial score (nSPS) is 11.6. The molecule has 25 heavy (non-hydrogen) atoms. The Balaban J connectivity index is 1.78. The fourth-order valence-corrected chi connectivity index (χ4v) is 3.08. The molecule has 0 aliphatic carbocycles. The summed E-state index contributed by atoms with van der Waals surface area (Å²) in [4.78, 5) is 23.6. The molecule has 0 spiro atoms. The average molecular weight is 358 g/mol. The number of hydrogen-bond donors (Lipinski definition) is 0. The van der Waals surface area contributed by atoms with Crippen molar-refractivity contribution in [1.82, 2.24) is 0 Å². The average Bonchev–Trinajstić information content (AvgIpc) is 2.61. The van der Waals surface area contributed by atoms with E-state index in [1.54, 1.807) is 43.0 Å². The van der Waals surface area contributed by atoms with Crippen molar-refractivity contribution < 1.29 is 19.1 Å². The zero-order valence-corrected chi connectivity index (χ0v) is 15.3. The van der Waals surface area contributed by atoms with Crippen molar-refractivity contribution in [2.45, 2.75) is 31.3 Å². The van der Waals surface area contributed by atoms with Crippen LogP contribution in [0, 0.1) is 0 Å². The number of benzene rings is 2. The molecule has 2 aromatic carbocycles. The summed E-state index contributed by atoms with van der Waals surface area (Å²) in [6, 6.07) is 16.5. The van der Waals surface area contributed by atoms with Crippen molar-refractivity contribution in [1.29, 1.82) is 0 Å². The molecule has 0 saturated heterocycles. The predicted octanol–water partition coefficient (Wildman–Crippen LogP) is 4.48. The van der Waals surface area contributed by atoms with Crippen LogP contribution in [-0.2, 0) is 15.3 Å². The van der Waals surface area contributed by atoms with E-state index in [9.17, 15) is 9.59 Å². The number of rotatable bonds is 8. The molecule has 132 valence electrons. The number of hydrogen-bond acceptors (Lipinski definition) is 5. The second-order valence-corrected chi connectivity index (χ2v) is 6.96. The van der Waals surface area contributed by atoms with Crippen LogP contribution in [0.25, 0.3) is 0 Å². The highest BCUT2D eigenvalue weighted by molar-refractivity contribution is 7.99. The molecule has 0 bridgehead atoms. The third-order valence-electron chi connectivity index (χ3n) is 3.43. The molecule has 0 N–H and O–H groups in total. The molecule has 0 amide bonds. The lowest BCUT2D eigenvalue weighted by atomic mass is 10.2. The van der Waals surface area contributed by atoms with Crippen LogP contribution in [0.5, 0.6) is 5.75 Å². The molecule has 0 unspecified atom stereocenters. The van der Waals surface area contributed by atoms with Gasteiger partial charge in [0.05, 0.1) is 18.6 Å². The van der Waals surface area contributed by atoms with Gasteiger partial charge in [-0.3, -0.25) is 4.79 Å². The molecular formula is C20H22O4S. The Hall–Kier alpha value is -2.27. The van der Waals surface area contributed by atoms with Gasteiger partial charge in [-0.25, -0.2) is 4.79 Å². The first-order chi connectivity index (χ1) is 12.1. The molecule has 2 aromatic rings. The fourth-order valence-electron chi connectivity index (χ4n) is 2.15. The van der Waals surface area contributed by atoms with Gasteiger partial charge in [-0.15, -0.1) is 0 Å². The Bertz CT molecular complexity index is 683. The van der Waals surface area contributed by atoms with Crippen LogP contribution in [0.1, 0.15) is 36.2 Å².